The fourth-order valence-electron chi connectivity index (χ4n) is 2.89. The molecule has 2 aliphatic rings. The van der Waals surface area contributed by atoms with Gasteiger partial charge in [-0.1, -0.05) is 0 Å². The monoisotopic (exact) mass is 251 g/mol. The van der Waals surface area contributed by atoms with Gasteiger partial charge in [0.1, 0.15) is 5.54 Å². The Hall–Kier alpha value is -1.27. The minimum Gasteiger partial charge on any atom is -0.479 e. The van der Waals surface area contributed by atoms with Crippen LogP contribution in [0, 0.1) is 5.92 Å². The maximum atomic E-state index is 12.4. The number of fused-ring (bicyclic) bond motifs is 1. The van der Waals surface area contributed by atoms with E-state index < -0.39 is 23.6 Å². The number of aliphatic carboxylic acids is 1. The van der Waals surface area contributed by atoms with Crippen molar-refractivity contribution >= 4 is 11.9 Å². The molecule has 0 unspecified atom stereocenters. The number of amides is 1. The highest BCUT2D eigenvalue weighted by Gasteiger charge is 2.62. The van der Waals surface area contributed by atoms with E-state index in [0.717, 1.165) is 0 Å². The zero-order valence-corrected chi connectivity index (χ0v) is 8.96. The van der Waals surface area contributed by atoms with Crippen molar-refractivity contribution in [3.8, 4) is 0 Å². The summed E-state index contributed by atoms with van der Waals surface area (Å²) in [7, 11) is 0. The second-order valence-electron chi connectivity index (χ2n) is 4.56. The van der Waals surface area contributed by atoms with Gasteiger partial charge < -0.3 is 10.0 Å². The first kappa shape index (κ1) is 12.2. The highest BCUT2D eigenvalue weighted by Crippen LogP contribution is 2.50. The van der Waals surface area contributed by atoms with Crippen LogP contribution in [0.25, 0.3) is 0 Å². The second kappa shape index (κ2) is 3.61. The Morgan fingerprint density at radius 1 is 1.29 bits per heavy atom. The van der Waals surface area contributed by atoms with E-state index in [-0.39, 0.29) is 18.9 Å². The standard InChI is InChI=1S/C10H12F3NO3/c11-10(12,13)7(15)14-5-1-2-6-3-4-9(6,14)8(16)17/h6H,1-5H2,(H,16,17)/t6-,9+/m1/s1. The van der Waals surface area contributed by atoms with Crippen LogP contribution in [0.4, 0.5) is 13.2 Å². The Morgan fingerprint density at radius 2 is 1.94 bits per heavy atom. The summed E-state index contributed by atoms with van der Waals surface area (Å²) in [6, 6.07) is 0. The average molecular weight is 251 g/mol. The van der Waals surface area contributed by atoms with Gasteiger partial charge in [-0.15, -0.1) is 0 Å². The molecule has 2 rings (SSSR count). The Balaban J connectivity index is 2.32. The summed E-state index contributed by atoms with van der Waals surface area (Å²) < 4.78 is 37.2. The van der Waals surface area contributed by atoms with Gasteiger partial charge in [0.15, 0.2) is 0 Å². The van der Waals surface area contributed by atoms with Crippen molar-refractivity contribution in [2.24, 2.45) is 5.92 Å². The molecule has 0 aromatic rings. The van der Waals surface area contributed by atoms with Crippen molar-refractivity contribution in [2.75, 3.05) is 6.54 Å². The quantitative estimate of drug-likeness (QED) is 0.766. The summed E-state index contributed by atoms with van der Waals surface area (Å²) in [4.78, 5) is 23.0. The number of carboxylic acid groups (broad SMARTS) is 1. The van der Waals surface area contributed by atoms with Gasteiger partial charge in [-0.25, -0.2) is 4.79 Å². The molecule has 96 valence electrons. The summed E-state index contributed by atoms with van der Waals surface area (Å²) in [6.45, 7) is -0.124. The summed E-state index contributed by atoms with van der Waals surface area (Å²) >= 11 is 0. The van der Waals surface area contributed by atoms with Crippen LogP contribution in [0.3, 0.4) is 0 Å². The predicted octanol–water partition coefficient (Wildman–Crippen LogP) is 1.40. The molecule has 1 aliphatic heterocycles. The molecule has 7 heteroatoms. The van der Waals surface area contributed by atoms with Crippen molar-refractivity contribution in [1.29, 1.82) is 0 Å². The van der Waals surface area contributed by atoms with E-state index in [4.69, 9.17) is 5.11 Å². The maximum absolute atomic E-state index is 12.4. The van der Waals surface area contributed by atoms with Gasteiger partial charge in [0.2, 0.25) is 0 Å². The highest BCUT2D eigenvalue weighted by molar-refractivity contribution is 5.91. The van der Waals surface area contributed by atoms with Crippen LogP contribution >= 0.6 is 0 Å². The highest BCUT2D eigenvalue weighted by atomic mass is 19.4. The van der Waals surface area contributed by atoms with Gasteiger partial charge in [-0.05, 0) is 31.6 Å². The third kappa shape index (κ3) is 1.59. The molecule has 1 N–H and O–H groups in total. The number of halogens is 3. The number of nitrogens with zero attached hydrogens (tertiary/aromatic N) is 1. The molecule has 2 fully saturated rings. The van der Waals surface area contributed by atoms with Crippen LogP contribution in [-0.2, 0) is 9.59 Å². The number of hydrogen-bond donors (Lipinski definition) is 1. The van der Waals surface area contributed by atoms with Gasteiger partial charge in [-0.3, -0.25) is 4.79 Å². The van der Waals surface area contributed by atoms with Crippen molar-refractivity contribution in [3.05, 3.63) is 0 Å². The van der Waals surface area contributed by atoms with Crippen LogP contribution in [-0.4, -0.2) is 40.1 Å². The fourth-order valence-corrected chi connectivity index (χ4v) is 2.89. The SMILES string of the molecule is O=C(N1CCC[C@@H]2CC[C@@]21C(=O)O)C(F)(F)F. The average Bonchev–Trinajstić information content (AvgIpc) is 2.16. The lowest BCUT2D eigenvalue weighted by Crippen LogP contribution is -2.70. The molecule has 2 atom stereocenters. The van der Waals surface area contributed by atoms with Crippen LogP contribution < -0.4 is 0 Å². The zero-order chi connectivity index (χ0) is 12.8. The summed E-state index contributed by atoms with van der Waals surface area (Å²) in [5, 5.41) is 9.14. The number of piperidine rings is 1. The van der Waals surface area contributed by atoms with Crippen molar-refractivity contribution < 1.29 is 27.9 Å². The minimum absolute atomic E-state index is 0.120. The first-order valence-corrected chi connectivity index (χ1v) is 5.42. The third-order valence-corrected chi connectivity index (χ3v) is 3.82. The smallest absolute Gasteiger partial charge is 0.471 e. The molecule has 0 radical (unpaired) electrons. The number of carbonyl (C=O) groups excluding carboxylic acids is 1. The van der Waals surface area contributed by atoms with Crippen LogP contribution in [0.1, 0.15) is 25.7 Å². The topological polar surface area (TPSA) is 57.6 Å². The van der Waals surface area contributed by atoms with E-state index in [1.807, 2.05) is 0 Å². The molecular formula is C10H12F3NO3. The van der Waals surface area contributed by atoms with E-state index >= 15 is 0 Å². The normalized spacial score (nSPS) is 32.6. The summed E-state index contributed by atoms with van der Waals surface area (Å²) in [5.41, 5.74) is -1.61. The van der Waals surface area contributed by atoms with Gasteiger partial charge in [-0.2, -0.15) is 13.2 Å². The Labute approximate surface area is 95.4 Å². The number of carbonyl (C=O) groups is 2. The maximum Gasteiger partial charge on any atom is 0.471 e. The first-order valence-electron chi connectivity index (χ1n) is 5.42. The molecular weight excluding hydrogens is 239 g/mol. The van der Waals surface area contributed by atoms with Gasteiger partial charge in [0, 0.05) is 6.54 Å². The lowest BCUT2D eigenvalue weighted by Gasteiger charge is -2.55. The second-order valence-corrected chi connectivity index (χ2v) is 4.56. The largest absolute Gasteiger partial charge is 0.479 e. The molecule has 0 aromatic carbocycles. The van der Waals surface area contributed by atoms with E-state index in [9.17, 15) is 22.8 Å². The first-order chi connectivity index (χ1) is 7.80. The number of carboxylic acids is 1. The number of rotatable bonds is 1. The summed E-state index contributed by atoms with van der Waals surface area (Å²) in [5.74, 6) is -3.67. The van der Waals surface area contributed by atoms with Crippen molar-refractivity contribution in [2.45, 2.75) is 37.4 Å². The third-order valence-electron chi connectivity index (χ3n) is 3.82. The molecule has 4 nitrogen and oxygen atoms in total. The molecule has 1 aliphatic carbocycles. The lowest BCUT2D eigenvalue weighted by molar-refractivity contribution is -0.208. The number of likely N-dealkylation sites (tertiary alicyclic amines) is 1. The van der Waals surface area contributed by atoms with Gasteiger partial charge in [0.05, 0.1) is 0 Å². The fraction of sp³-hybridized carbons (Fsp3) is 0.800. The molecule has 17 heavy (non-hydrogen) atoms. The Kier molecular flexibility index (Phi) is 2.59. The van der Waals surface area contributed by atoms with Crippen LogP contribution in [0.15, 0.2) is 0 Å². The van der Waals surface area contributed by atoms with Gasteiger partial charge in [0.25, 0.3) is 0 Å². The van der Waals surface area contributed by atoms with E-state index in [1.54, 1.807) is 0 Å². The lowest BCUT2D eigenvalue weighted by atomic mass is 9.61. The molecule has 0 spiro atoms. The molecule has 1 saturated heterocycles. The Morgan fingerprint density at radius 3 is 2.35 bits per heavy atom. The number of hydrogen-bond acceptors (Lipinski definition) is 2. The van der Waals surface area contributed by atoms with Gasteiger partial charge >= 0.3 is 18.1 Å². The molecule has 0 aromatic heterocycles. The molecule has 1 amide bonds. The molecule has 0 bridgehead atoms. The Bertz CT molecular complexity index is 368. The van der Waals surface area contributed by atoms with E-state index in [0.29, 0.717) is 24.2 Å². The van der Waals surface area contributed by atoms with E-state index in [1.165, 1.54) is 0 Å². The number of alkyl halides is 3. The van der Waals surface area contributed by atoms with Crippen LogP contribution in [0.5, 0.6) is 0 Å². The van der Waals surface area contributed by atoms with Crippen molar-refractivity contribution in [3.63, 3.8) is 0 Å². The zero-order valence-electron chi connectivity index (χ0n) is 8.96. The molecule has 1 heterocycles. The van der Waals surface area contributed by atoms with E-state index in [2.05, 4.69) is 0 Å². The minimum atomic E-state index is -5.00. The van der Waals surface area contributed by atoms with Crippen molar-refractivity contribution in [1.82, 2.24) is 4.90 Å². The molecule has 1 saturated carbocycles. The predicted molar refractivity (Wildman–Crippen MR) is 50.1 cm³/mol. The summed E-state index contributed by atoms with van der Waals surface area (Å²) in [6.07, 6.45) is -3.29. The van der Waals surface area contributed by atoms with Crippen LogP contribution in [0.2, 0.25) is 0 Å².